The van der Waals surface area contributed by atoms with Crippen LogP contribution in [0.2, 0.25) is 0 Å². The number of aliphatic hydroxyl groups is 1. The molecule has 0 unspecified atom stereocenters. The summed E-state index contributed by atoms with van der Waals surface area (Å²) in [5, 5.41) is 22.6. The summed E-state index contributed by atoms with van der Waals surface area (Å²) in [4.78, 5) is 25.6. The second kappa shape index (κ2) is 9.62. The highest BCUT2D eigenvalue weighted by atomic mass is 19.1. The lowest BCUT2D eigenvalue weighted by Crippen LogP contribution is -2.45. The van der Waals surface area contributed by atoms with Crippen LogP contribution in [-0.4, -0.2) is 45.5 Å². The van der Waals surface area contributed by atoms with Crippen LogP contribution in [-0.2, 0) is 6.54 Å². The van der Waals surface area contributed by atoms with Crippen LogP contribution in [0.4, 0.5) is 14.9 Å². The van der Waals surface area contributed by atoms with Crippen molar-refractivity contribution in [2.75, 3.05) is 11.4 Å². The minimum absolute atomic E-state index is 0.237. The molecule has 2 atom stereocenters. The molecule has 1 fully saturated rings. The Morgan fingerprint density at radius 3 is 2.55 bits per heavy atom. The van der Waals surface area contributed by atoms with E-state index >= 15 is 0 Å². The standard InChI is InChI=1S/C25H28FN3O4/c1-2-29(25(32)33)17-12-10-16(11-13-17)14-28-15-18(23-19(26)6-5-8-21(23)28)24(31)27-20-7-3-4-9-22(20)30/h5-6,8,10-13,15,20,22,30H,2-4,7,9,14H2,1H3,(H,27,31)(H,32,33)/t20-,22-/m0/s1. The number of halogens is 1. The Balaban J connectivity index is 1.62. The van der Waals surface area contributed by atoms with Crippen molar-refractivity contribution in [3.8, 4) is 0 Å². The van der Waals surface area contributed by atoms with Crippen LogP contribution in [0.1, 0.15) is 48.5 Å². The lowest BCUT2D eigenvalue weighted by atomic mass is 9.92. The molecule has 33 heavy (non-hydrogen) atoms. The number of carbonyl (C=O) groups is 2. The molecule has 0 radical (unpaired) electrons. The Kier molecular flexibility index (Phi) is 6.65. The number of fused-ring (bicyclic) bond motifs is 1. The first-order chi connectivity index (χ1) is 15.9. The number of rotatable bonds is 6. The number of nitrogens with one attached hydrogen (secondary N) is 1. The van der Waals surface area contributed by atoms with Crippen LogP contribution in [0, 0.1) is 5.82 Å². The lowest BCUT2D eigenvalue weighted by Gasteiger charge is -2.28. The lowest BCUT2D eigenvalue weighted by molar-refractivity contribution is 0.0718. The summed E-state index contributed by atoms with van der Waals surface area (Å²) in [6.45, 7) is 2.49. The van der Waals surface area contributed by atoms with Crippen LogP contribution in [0.15, 0.2) is 48.7 Å². The fraction of sp³-hybridized carbons (Fsp3) is 0.360. The monoisotopic (exact) mass is 453 g/mol. The first kappa shape index (κ1) is 22.8. The molecular weight excluding hydrogens is 425 g/mol. The summed E-state index contributed by atoms with van der Waals surface area (Å²) in [5.41, 5.74) is 2.29. The second-order valence-electron chi connectivity index (χ2n) is 8.43. The fourth-order valence-corrected chi connectivity index (χ4v) is 4.54. The first-order valence-electron chi connectivity index (χ1n) is 11.2. The SMILES string of the molecule is CCN(C(=O)O)c1ccc(Cn2cc(C(=O)N[C@H]3CCCC[C@@H]3O)c3c(F)cccc32)cc1. The van der Waals surface area contributed by atoms with Crippen molar-refractivity contribution in [2.24, 2.45) is 0 Å². The van der Waals surface area contributed by atoms with Gasteiger partial charge in [-0.3, -0.25) is 9.69 Å². The Bertz CT molecular complexity index is 1160. The third kappa shape index (κ3) is 4.71. The number of aliphatic hydroxyl groups excluding tert-OH is 1. The molecule has 0 spiro atoms. The predicted molar refractivity (Wildman–Crippen MR) is 124 cm³/mol. The molecule has 1 aromatic heterocycles. The zero-order valence-electron chi connectivity index (χ0n) is 18.5. The van der Waals surface area contributed by atoms with Crippen molar-refractivity contribution in [1.82, 2.24) is 9.88 Å². The van der Waals surface area contributed by atoms with Crippen LogP contribution in [0.3, 0.4) is 0 Å². The van der Waals surface area contributed by atoms with Gasteiger partial charge in [-0.2, -0.15) is 0 Å². The summed E-state index contributed by atoms with van der Waals surface area (Å²) >= 11 is 0. The van der Waals surface area contributed by atoms with Gasteiger partial charge in [-0.1, -0.05) is 31.0 Å². The van der Waals surface area contributed by atoms with Crippen molar-refractivity contribution in [3.05, 3.63) is 65.6 Å². The number of benzene rings is 2. The number of anilines is 1. The summed E-state index contributed by atoms with van der Waals surface area (Å²) in [7, 11) is 0. The van der Waals surface area contributed by atoms with Crippen molar-refractivity contribution in [2.45, 2.75) is 51.3 Å². The molecule has 1 saturated carbocycles. The van der Waals surface area contributed by atoms with Gasteiger partial charge in [0.1, 0.15) is 5.82 Å². The molecule has 1 heterocycles. The van der Waals surface area contributed by atoms with Gasteiger partial charge in [-0.25, -0.2) is 9.18 Å². The topological polar surface area (TPSA) is 94.8 Å². The van der Waals surface area contributed by atoms with Crippen molar-refractivity contribution in [1.29, 1.82) is 0 Å². The second-order valence-corrected chi connectivity index (χ2v) is 8.43. The van der Waals surface area contributed by atoms with E-state index in [2.05, 4.69) is 5.32 Å². The molecule has 3 N–H and O–H groups in total. The first-order valence-corrected chi connectivity index (χ1v) is 11.2. The molecule has 174 valence electrons. The van der Waals surface area contributed by atoms with Gasteiger partial charge in [-0.15, -0.1) is 0 Å². The number of carbonyl (C=O) groups excluding carboxylic acids is 1. The van der Waals surface area contributed by atoms with Gasteiger partial charge < -0.3 is 20.1 Å². The normalized spacial score (nSPS) is 18.3. The largest absolute Gasteiger partial charge is 0.465 e. The maximum Gasteiger partial charge on any atom is 0.411 e. The molecule has 0 saturated heterocycles. The van der Waals surface area contributed by atoms with E-state index in [4.69, 9.17) is 0 Å². The van der Waals surface area contributed by atoms with Gasteiger partial charge >= 0.3 is 6.09 Å². The molecule has 1 aliphatic rings. The maximum atomic E-state index is 14.8. The Hall–Kier alpha value is -3.39. The van der Waals surface area contributed by atoms with Crippen LogP contribution >= 0.6 is 0 Å². The van der Waals surface area contributed by atoms with E-state index in [1.165, 1.54) is 11.0 Å². The fourth-order valence-electron chi connectivity index (χ4n) is 4.54. The number of hydrogen-bond acceptors (Lipinski definition) is 3. The zero-order chi connectivity index (χ0) is 23.5. The van der Waals surface area contributed by atoms with E-state index in [0.717, 1.165) is 18.4 Å². The van der Waals surface area contributed by atoms with E-state index in [0.29, 0.717) is 37.1 Å². The molecule has 1 aliphatic carbocycles. The molecule has 8 heteroatoms. The van der Waals surface area contributed by atoms with E-state index in [1.807, 2.05) is 16.7 Å². The highest BCUT2D eigenvalue weighted by Gasteiger charge is 2.27. The number of aromatic nitrogens is 1. The molecule has 2 amide bonds. The summed E-state index contributed by atoms with van der Waals surface area (Å²) in [6.07, 6.45) is 3.25. The number of nitrogens with zero attached hydrogens (tertiary/aromatic N) is 2. The molecule has 4 rings (SSSR count). The minimum Gasteiger partial charge on any atom is -0.465 e. The third-order valence-corrected chi connectivity index (χ3v) is 6.29. The minimum atomic E-state index is -1.02. The van der Waals surface area contributed by atoms with Gasteiger partial charge in [0.25, 0.3) is 5.91 Å². The molecule has 0 bridgehead atoms. The molecule has 7 nitrogen and oxygen atoms in total. The molecule has 2 aromatic carbocycles. The van der Waals surface area contributed by atoms with E-state index < -0.39 is 23.9 Å². The number of hydrogen-bond donors (Lipinski definition) is 3. The Morgan fingerprint density at radius 2 is 1.88 bits per heavy atom. The number of carboxylic acid groups (broad SMARTS) is 1. The Labute approximate surface area is 191 Å². The molecule has 0 aliphatic heterocycles. The quantitative estimate of drug-likeness (QED) is 0.517. The maximum absolute atomic E-state index is 14.8. The van der Waals surface area contributed by atoms with Gasteiger partial charge in [0.2, 0.25) is 0 Å². The average molecular weight is 454 g/mol. The summed E-state index contributed by atoms with van der Waals surface area (Å²) in [6, 6.07) is 11.5. The van der Waals surface area contributed by atoms with Gasteiger partial charge in [0.05, 0.1) is 23.2 Å². The predicted octanol–water partition coefficient (Wildman–Crippen LogP) is 4.37. The van der Waals surface area contributed by atoms with Crippen LogP contribution in [0.25, 0.3) is 10.9 Å². The van der Waals surface area contributed by atoms with Crippen molar-refractivity contribution in [3.63, 3.8) is 0 Å². The highest BCUT2D eigenvalue weighted by molar-refractivity contribution is 6.07. The van der Waals surface area contributed by atoms with E-state index in [1.54, 1.807) is 37.4 Å². The van der Waals surface area contributed by atoms with Crippen molar-refractivity contribution >= 4 is 28.6 Å². The van der Waals surface area contributed by atoms with Gasteiger partial charge in [0.15, 0.2) is 0 Å². The average Bonchev–Trinajstić information content (AvgIpc) is 3.16. The molecular formula is C25H28FN3O4. The van der Waals surface area contributed by atoms with Gasteiger partial charge in [-0.05, 0) is 49.6 Å². The highest BCUT2D eigenvalue weighted by Crippen LogP contribution is 2.27. The summed E-state index contributed by atoms with van der Waals surface area (Å²) < 4.78 is 16.6. The number of amides is 2. The van der Waals surface area contributed by atoms with E-state index in [-0.39, 0.29) is 17.0 Å². The van der Waals surface area contributed by atoms with Crippen molar-refractivity contribution < 1.29 is 24.2 Å². The molecule has 3 aromatic rings. The van der Waals surface area contributed by atoms with Crippen LogP contribution in [0.5, 0.6) is 0 Å². The van der Waals surface area contributed by atoms with Crippen LogP contribution < -0.4 is 10.2 Å². The third-order valence-electron chi connectivity index (χ3n) is 6.29. The Morgan fingerprint density at radius 1 is 1.15 bits per heavy atom. The summed E-state index contributed by atoms with van der Waals surface area (Å²) in [5.74, 6) is -0.874. The van der Waals surface area contributed by atoms with E-state index in [9.17, 15) is 24.2 Å². The zero-order valence-corrected chi connectivity index (χ0v) is 18.5. The smallest absolute Gasteiger partial charge is 0.411 e. The van der Waals surface area contributed by atoms with Gasteiger partial charge in [0, 0.05) is 30.4 Å².